The van der Waals surface area contributed by atoms with E-state index in [2.05, 4.69) is 0 Å². The third-order valence-corrected chi connectivity index (χ3v) is 2.24. The molecular weight excluding hydrogens is 222 g/mol. The second-order valence-corrected chi connectivity index (χ2v) is 3.46. The quantitative estimate of drug-likeness (QED) is 0.562. The summed E-state index contributed by atoms with van der Waals surface area (Å²) in [5, 5.41) is 0. The summed E-state index contributed by atoms with van der Waals surface area (Å²) in [6, 6.07) is 2.24. The van der Waals surface area contributed by atoms with Crippen molar-refractivity contribution < 1.29 is 64.3 Å². The summed E-state index contributed by atoms with van der Waals surface area (Å²) in [6.07, 6.45) is 0. The molecule has 0 nitrogen and oxygen atoms in total. The SMILES string of the molecule is F[B-](F)(F)c1ccc(Cl)s1.[K+]. The zero-order valence-electron chi connectivity index (χ0n) is 5.65. The van der Waals surface area contributed by atoms with E-state index in [0.29, 0.717) is 11.3 Å². The second-order valence-electron chi connectivity index (χ2n) is 1.72. The summed E-state index contributed by atoms with van der Waals surface area (Å²) in [6.45, 7) is -4.85. The van der Waals surface area contributed by atoms with Crippen LogP contribution in [0.25, 0.3) is 0 Å². The van der Waals surface area contributed by atoms with Gasteiger partial charge in [0.15, 0.2) is 0 Å². The van der Waals surface area contributed by atoms with E-state index in [1.54, 1.807) is 0 Å². The molecule has 1 rings (SSSR count). The van der Waals surface area contributed by atoms with Crippen molar-refractivity contribution in [1.29, 1.82) is 0 Å². The van der Waals surface area contributed by atoms with E-state index >= 15 is 0 Å². The molecule has 0 amide bonds. The Morgan fingerprint density at radius 3 is 2.00 bits per heavy atom. The third kappa shape index (κ3) is 3.80. The molecule has 0 fully saturated rings. The van der Waals surface area contributed by atoms with Gasteiger partial charge in [-0.15, -0.1) is 0 Å². The summed E-state index contributed by atoms with van der Waals surface area (Å²) < 4.78 is 35.0. The smallest absolute Gasteiger partial charge is 0.444 e. The molecule has 0 atom stereocenters. The minimum absolute atomic E-state index is 0. The number of thiophene rings is 1. The van der Waals surface area contributed by atoms with Crippen LogP contribution in [0.4, 0.5) is 12.9 Å². The largest absolute Gasteiger partial charge is 1.00 e. The molecule has 0 aliphatic rings. The van der Waals surface area contributed by atoms with E-state index in [1.165, 1.54) is 6.07 Å². The van der Waals surface area contributed by atoms with Crippen LogP contribution in [0.1, 0.15) is 0 Å². The molecule has 0 radical (unpaired) electrons. The number of hydrogen-bond acceptors (Lipinski definition) is 1. The van der Waals surface area contributed by atoms with Crippen molar-refractivity contribution in [2.75, 3.05) is 0 Å². The first-order valence-electron chi connectivity index (χ1n) is 2.45. The standard InChI is InChI=1S/C4H2BClF3S.K/c6-4-2-1-3(10-4)5(7,8)9;/h1-2H;/q-1;+1. The van der Waals surface area contributed by atoms with Crippen LogP contribution in [0.15, 0.2) is 12.1 Å². The Labute approximate surface area is 114 Å². The molecule has 0 aromatic carbocycles. The fourth-order valence-electron chi connectivity index (χ4n) is 0.504. The molecule has 56 valence electrons. The van der Waals surface area contributed by atoms with Gasteiger partial charge in [-0.3, -0.25) is 0 Å². The first-order valence-corrected chi connectivity index (χ1v) is 3.65. The van der Waals surface area contributed by atoms with E-state index in [9.17, 15) is 12.9 Å². The Morgan fingerprint density at radius 2 is 1.82 bits per heavy atom. The predicted molar refractivity (Wildman–Crippen MR) is 38.0 cm³/mol. The molecule has 7 heteroatoms. The third-order valence-electron chi connectivity index (χ3n) is 0.917. The van der Waals surface area contributed by atoms with E-state index in [1.807, 2.05) is 0 Å². The molecule has 0 unspecified atom stereocenters. The Morgan fingerprint density at radius 1 is 1.27 bits per heavy atom. The van der Waals surface area contributed by atoms with Gasteiger partial charge in [-0.1, -0.05) is 22.4 Å². The molecule has 0 saturated heterocycles. The molecule has 0 spiro atoms. The Balaban J connectivity index is 0.000001000. The van der Waals surface area contributed by atoms with Crippen molar-refractivity contribution in [2.45, 2.75) is 0 Å². The van der Waals surface area contributed by atoms with Crippen molar-refractivity contribution in [3.63, 3.8) is 0 Å². The molecule has 1 heterocycles. The molecule has 0 aliphatic carbocycles. The normalized spacial score (nSPS) is 10.9. The Bertz CT molecular complexity index is 235. The summed E-state index contributed by atoms with van der Waals surface area (Å²) in [4.78, 5) is 0. The van der Waals surface area contributed by atoms with Gasteiger partial charge in [-0.25, -0.2) is 0 Å². The van der Waals surface area contributed by atoms with Crippen molar-refractivity contribution in [1.82, 2.24) is 0 Å². The van der Waals surface area contributed by atoms with Gasteiger partial charge in [0, 0.05) is 0 Å². The van der Waals surface area contributed by atoms with Crippen LogP contribution in [0.2, 0.25) is 4.34 Å². The van der Waals surface area contributed by atoms with Gasteiger partial charge in [0.05, 0.1) is 4.34 Å². The van der Waals surface area contributed by atoms with Crippen molar-refractivity contribution in [3.05, 3.63) is 16.5 Å². The second kappa shape index (κ2) is 4.64. The van der Waals surface area contributed by atoms with E-state index < -0.39 is 11.8 Å². The van der Waals surface area contributed by atoms with Gasteiger partial charge in [0.1, 0.15) is 0 Å². The molecular formula is C4H2BClF3KS. The fraction of sp³-hybridized carbons (Fsp3) is 0. The molecule has 0 N–H and O–H groups in total. The zero-order valence-corrected chi connectivity index (χ0v) is 10.3. The molecule has 1 aromatic heterocycles. The molecule has 1 aromatic rings. The van der Waals surface area contributed by atoms with Gasteiger partial charge < -0.3 is 12.9 Å². The van der Waals surface area contributed by atoms with Crippen molar-refractivity contribution >= 4 is 34.7 Å². The van der Waals surface area contributed by atoms with Crippen molar-refractivity contribution in [2.24, 2.45) is 0 Å². The van der Waals surface area contributed by atoms with E-state index in [-0.39, 0.29) is 55.7 Å². The minimum atomic E-state index is -4.85. The van der Waals surface area contributed by atoms with Crippen LogP contribution in [0.5, 0.6) is 0 Å². The number of halogens is 4. The molecule has 0 bridgehead atoms. The fourth-order valence-corrected chi connectivity index (χ4v) is 1.47. The average Bonchev–Trinajstić information content (AvgIpc) is 2.11. The first-order chi connectivity index (χ1) is 4.50. The van der Waals surface area contributed by atoms with Gasteiger partial charge in [0.2, 0.25) is 0 Å². The van der Waals surface area contributed by atoms with Gasteiger partial charge in [-0.2, -0.15) is 11.3 Å². The number of hydrogen-bond donors (Lipinski definition) is 0. The first kappa shape index (κ1) is 12.5. The summed E-state index contributed by atoms with van der Waals surface area (Å²) in [7, 11) is 0. The number of rotatable bonds is 1. The van der Waals surface area contributed by atoms with E-state index in [4.69, 9.17) is 11.6 Å². The Kier molecular flexibility index (Phi) is 5.27. The van der Waals surface area contributed by atoms with Crippen LogP contribution in [0.3, 0.4) is 0 Å². The maximum atomic E-state index is 11.8. The van der Waals surface area contributed by atoms with Crippen molar-refractivity contribution in [3.8, 4) is 0 Å². The zero-order chi connectivity index (χ0) is 7.78. The maximum absolute atomic E-state index is 11.8. The van der Waals surface area contributed by atoms with Crippen LogP contribution in [-0.2, 0) is 0 Å². The van der Waals surface area contributed by atoms with E-state index in [0.717, 1.165) is 6.07 Å². The average molecular weight is 224 g/mol. The summed E-state index contributed by atoms with van der Waals surface area (Å²) in [5.74, 6) is 0. The van der Waals surface area contributed by atoms with Gasteiger partial charge in [0.25, 0.3) is 0 Å². The monoisotopic (exact) mass is 224 g/mol. The van der Waals surface area contributed by atoms with Crippen LogP contribution in [0, 0.1) is 0 Å². The molecule has 11 heavy (non-hydrogen) atoms. The summed E-state index contributed by atoms with van der Waals surface area (Å²) >= 11 is 5.86. The molecule has 0 aliphatic heterocycles. The van der Waals surface area contributed by atoms with Gasteiger partial charge >= 0.3 is 58.4 Å². The topological polar surface area (TPSA) is 0 Å². The van der Waals surface area contributed by atoms with Crippen LogP contribution < -0.4 is 56.2 Å². The van der Waals surface area contributed by atoms with Crippen LogP contribution in [-0.4, -0.2) is 6.98 Å². The molecule has 0 saturated carbocycles. The summed E-state index contributed by atoms with van der Waals surface area (Å²) in [5.41, 5.74) is 0. The van der Waals surface area contributed by atoms with Crippen LogP contribution >= 0.6 is 22.9 Å². The maximum Gasteiger partial charge on any atom is 1.00 e. The minimum Gasteiger partial charge on any atom is -0.444 e. The predicted octanol–water partition coefficient (Wildman–Crippen LogP) is -0.540. The van der Waals surface area contributed by atoms with Gasteiger partial charge in [-0.05, 0) is 6.07 Å². The Hall–Kier alpha value is 1.48.